The number of hydrogen-bond donors (Lipinski definition) is 3. The summed E-state index contributed by atoms with van der Waals surface area (Å²) in [4.78, 5) is 40.7. The van der Waals surface area contributed by atoms with Gasteiger partial charge >= 0.3 is 11.1 Å². The number of H-pyrrole nitrogens is 2. The molecule has 1 amide bonds. The van der Waals surface area contributed by atoms with E-state index in [4.69, 9.17) is 0 Å². The zero-order chi connectivity index (χ0) is 18.1. The number of benzene rings is 2. The normalized spacial score (nSPS) is 15.4. The van der Waals surface area contributed by atoms with Gasteiger partial charge in [0.05, 0.1) is 17.1 Å². The first-order chi connectivity index (χ1) is 12.6. The van der Waals surface area contributed by atoms with E-state index in [1.165, 1.54) is 6.42 Å². The third kappa shape index (κ3) is 3.06. The summed E-state index contributed by atoms with van der Waals surface area (Å²) in [6.45, 7) is 0. The predicted octanol–water partition coefficient (Wildman–Crippen LogP) is 2.49. The van der Waals surface area contributed by atoms with Gasteiger partial charge in [0, 0.05) is 5.56 Å². The van der Waals surface area contributed by atoms with Crippen molar-refractivity contribution in [2.24, 2.45) is 5.92 Å². The van der Waals surface area contributed by atoms with Crippen LogP contribution in [-0.2, 0) is 0 Å². The van der Waals surface area contributed by atoms with Crippen LogP contribution in [0.4, 0.5) is 0 Å². The molecule has 1 unspecified atom stereocenters. The van der Waals surface area contributed by atoms with Gasteiger partial charge in [-0.1, -0.05) is 36.8 Å². The topological polar surface area (TPSA) is 94.8 Å². The second-order valence-corrected chi connectivity index (χ2v) is 6.72. The van der Waals surface area contributed by atoms with E-state index in [2.05, 4.69) is 15.3 Å². The molecule has 0 spiro atoms. The molecular weight excluding hydrogens is 330 g/mol. The first-order valence-corrected chi connectivity index (χ1v) is 8.74. The van der Waals surface area contributed by atoms with Crippen LogP contribution in [-0.4, -0.2) is 15.9 Å². The molecule has 1 aliphatic rings. The summed E-state index contributed by atoms with van der Waals surface area (Å²) >= 11 is 0. The van der Waals surface area contributed by atoms with Gasteiger partial charge in [-0.05, 0) is 42.5 Å². The van der Waals surface area contributed by atoms with Crippen molar-refractivity contribution in [3.8, 4) is 0 Å². The molecule has 1 heterocycles. The molecule has 6 heteroatoms. The minimum Gasteiger partial charge on any atom is -0.345 e. The lowest BCUT2D eigenvalue weighted by Crippen LogP contribution is -2.36. The molecule has 132 valence electrons. The number of carbonyl (C=O) groups excluding carboxylic acids is 1. The zero-order valence-electron chi connectivity index (χ0n) is 14.1. The quantitative estimate of drug-likeness (QED) is 0.632. The molecule has 6 nitrogen and oxygen atoms in total. The van der Waals surface area contributed by atoms with Gasteiger partial charge in [0.2, 0.25) is 0 Å². The smallest absolute Gasteiger partial charge is 0.314 e. The van der Waals surface area contributed by atoms with E-state index >= 15 is 0 Å². The highest BCUT2D eigenvalue weighted by atomic mass is 16.2. The minimum absolute atomic E-state index is 0.0252. The van der Waals surface area contributed by atoms with Gasteiger partial charge in [-0.2, -0.15) is 0 Å². The second kappa shape index (κ2) is 6.63. The number of rotatable bonds is 4. The Balaban J connectivity index is 1.63. The second-order valence-electron chi connectivity index (χ2n) is 6.72. The molecular formula is C20H19N3O3. The van der Waals surface area contributed by atoms with Crippen molar-refractivity contribution in [1.82, 2.24) is 15.3 Å². The van der Waals surface area contributed by atoms with Crippen molar-refractivity contribution in [3.05, 3.63) is 80.4 Å². The summed E-state index contributed by atoms with van der Waals surface area (Å²) in [5.41, 5.74) is 1.03. The van der Waals surface area contributed by atoms with Crippen LogP contribution in [0.25, 0.3) is 11.0 Å². The fraction of sp³-hybridized carbons (Fsp3) is 0.250. The molecule has 1 aromatic heterocycles. The predicted molar refractivity (Wildman–Crippen MR) is 99.2 cm³/mol. The SMILES string of the molecule is O=C(NC(c1ccccc1)C1CCC1)c1ccc2[nH]c(=O)c(=O)[nH]c2c1. The van der Waals surface area contributed by atoms with Crippen molar-refractivity contribution in [2.45, 2.75) is 25.3 Å². The molecule has 1 atom stereocenters. The molecule has 2 aromatic carbocycles. The van der Waals surface area contributed by atoms with Gasteiger partial charge in [-0.15, -0.1) is 0 Å². The molecule has 26 heavy (non-hydrogen) atoms. The monoisotopic (exact) mass is 349 g/mol. The fourth-order valence-corrected chi connectivity index (χ4v) is 3.39. The van der Waals surface area contributed by atoms with E-state index < -0.39 is 11.1 Å². The maximum absolute atomic E-state index is 12.8. The standard InChI is InChI=1S/C20H19N3O3/c24-18(14-9-10-15-16(11-14)22-20(26)19(25)21-15)23-17(13-7-4-8-13)12-5-2-1-3-6-12/h1-3,5-6,9-11,13,17H,4,7-8H2,(H,21,25)(H,22,26)(H,23,24). The number of carbonyl (C=O) groups is 1. The Hall–Kier alpha value is -3.15. The number of aromatic amines is 2. The summed E-state index contributed by atoms with van der Waals surface area (Å²) in [5, 5.41) is 3.14. The Bertz CT molecular complexity index is 1060. The fourth-order valence-electron chi connectivity index (χ4n) is 3.39. The molecule has 0 saturated heterocycles. The highest BCUT2D eigenvalue weighted by Crippen LogP contribution is 2.37. The highest BCUT2D eigenvalue weighted by molar-refractivity contribution is 5.97. The van der Waals surface area contributed by atoms with E-state index in [9.17, 15) is 14.4 Å². The molecule has 1 fully saturated rings. The Morgan fingerprint density at radius 1 is 0.962 bits per heavy atom. The average molecular weight is 349 g/mol. The van der Waals surface area contributed by atoms with Crippen LogP contribution in [0.15, 0.2) is 58.1 Å². The molecule has 4 rings (SSSR count). The van der Waals surface area contributed by atoms with Crippen LogP contribution in [0, 0.1) is 5.92 Å². The molecule has 0 aliphatic heterocycles. The van der Waals surface area contributed by atoms with E-state index in [1.54, 1.807) is 18.2 Å². The van der Waals surface area contributed by atoms with Crippen LogP contribution in [0.1, 0.15) is 41.2 Å². The maximum Gasteiger partial charge on any atom is 0.314 e. The third-order valence-electron chi connectivity index (χ3n) is 5.05. The first-order valence-electron chi connectivity index (χ1n) is 8.74. The summed E-state index contributed by atoms with van der Waals surface area (Å²) in [7, 11) is 0. The largest absolute Gasteiger partial charge is 0.345 e. The molecule has 0 bridgehead atoms. The molecule has 3 aromatic rings. The van der Waals surface area contributed by atoms with Crippen molar-refractivity contribution < 1.29 is 4.79 Å². The first kappa shape index (κ1) is 16.3. The lowest BCUT2D eigenvalue weighted by atomic mass is 9.77. The Morgan fingerprint density at radius 2 is 1.65 bits per heavy atom. The lowest BCUT2D eigenvalue weighted by molar-refractivity contribution is 0.0901. The van der Waals surface area contributed by atoms with E-state index in [1.807, 2.05) is 30.3 Å². The van der Waals surface area contributed by atoms with Crippen LogP contribution < -0.4 is 16.4 Å². The summed E-state index contributed by atoms with van der Waals surface area (Å²) in [5.74, 6) is 0.248. The number of fused-ring (bicyclic) bond motifs is 1. The highest BCUT2D eigenvalue weighted by Gasteiger charge is 2.29. The molecule has 1 saturated carbocycles. The summed E-state index contributed by atoms with van der Waals surface area (Å²) < 4.78 is 0. The van der Waals surface area contributed by atoms with Crippen molar-refractivity contribution in [3.63, 3.8) is 0 Å². The van der Waals surface area contributed by atoms with Crippen molar-refractivity contribution >= 4 is 16.9 Å². The number of aromatic nitrogens is 2. The van der Waals surface area contributed by atoms with Gasteiger partial charge in [0.15, 0.2) is 0 Å². The lowest BCUT2D eigenvalue weighted by Gasteiger charge is -2.34. The number of hydrogen-bond acceptors (Lipinski definition) is 3. The molecule has 0 radical (unpaired) electrons. The van der Waals surface area contributed by atoms with Crippen LogP contribution in [0.3, 0.4) is 0 Å². The van der Waals surface area contributed by atoms with Gasteiger partial charge in [-0.25, -0.2) is 0 Å². The Labute approximate surface area is 149 Å². The third-order valence-corrected chi connectivity index (χ3v) is 5.05. The van der Waals surface area contributed by atoms with Gasteiger partial charge in [0.25, 0.3) is 5.91 Å². The van der Waals surface area contributed by atoms with Crippen LogP contribution in [0.5, 0.6) is 0 Å². The summed E-state index contributed by atoms with van der Waals surface area (Å²) in [6, 6.07) is 14.8. The van der Waals surface area contributed by atoms with Gasteiger partial charge in [-0.3, -0.25) is 14.4 Å². The molecule has 1 aliphatic carbocycles. The Morgan fingerprint density at radius 3 is 2.31 bits per heavy atom. The Kier molecular flexibility index (Phi) is 4.16. The maximum atomic E-state index is 12.8. The number of nitrogens with one attached hydrogen (secondary N) is 3. The van der Waals surface area contributed by atoms with Gasteiger partial charge in [0.1, 0.15) is 0 Å². The van der Waals surface area contributed by atoms with E-state index in [0.717, 1.165) is 18.4 Å². The number of amides is 1. The van der Waals surface area contributed by atoms with Crippen molar-refractivity contribution in [1.29, 1.82) is 0 Å². The average Bonchev–Trinajstić information content (AvgIpc) is 2.61. The minimum atomic E-state index is -0.730. The van der Waals surface area contributed by atoms with Gasteiger partial charge < -0.3 is 15.3 Å². The molecule has 3 N–H and O–H groups in total. The van der Waals surface area contributed by atoms with E-state index in [-0.39, 0.29) is 11.9 Å². The summed E-state index contributed by atoms with van der Waals surface area (Å²) in [6.07, 6.45) is 3.40. The van der Waals surface area contributed by atoms with Crippen LogP contribution >= 0.6 is 0 Å². The van der Waals surface area contributed by atoms with Crippen molar-refractivity contribution in [2.75, 3.05) is 0 Å². The van der Waals surface area contributed by atoms with Crippen LogP contribution in [0.2, 0.25) is 0 Å². The van der Waals surface area contributed by atoms with E-state index in [0.29, 0.717) is 22.5 Å². The zero-order valence-corrected chi connectivity index (χ0v) is 14.1.